The van der Waals surface area contributed by atoms with Crippen LogP contribution in [0.4, 0.5) is 0 Å². The topological polar surface area (TPSA) is 9.86 Å². The highest BCUT2D eigenvalue weighted by atomic mass is 15.0. The summed E-state index contributed by atoms with van der Waals surface area (Å²) in [5.74, 6) is 0. The maximum atomic E-state index is 2.41. The fourth-order valence-electron chi connectivity index (χ4n) is 7.61. The van der Waals surface area contributed by atoms with Crippen LogP contribution in [0.5, 0.6) is 0 Å². The number of hydrogen-bond acceptors (Lipinski definition) is 0. The molecular formula is C46H30N2. The average molecular weight is 611 g/mol. The van der Waals surface area contributed by atoms with Crippen molar-refractivity contribution in [1.29, 1.82) is 0 Å². The Morgan fingerprint density at radius 1 is 0.250 bits per heavy atom. The molecule has 0 radical (unpaired) electrons. The van der Waals surface area contributed by atoms with Crippen LogP contribution in [0.25, 0.3) is 88.0 Å². The van der Waals surface area contributed by atoms with E-state index in [0.29, 0.717) is 0 Å². The molecular weight excluding hydrogens is 581 g/mol. The van der Waals surface area contributed by atoms with E-state index in [1.54, 1.807) is 0 Å². The van der Waals surface area contributed by atoms with Crippen LogP contribution in [-0.2, 0) is 0 Å². The van der Waals surface area contributed by atoms with Gasteiger partial charge in [0, 0.05) is 32.9 Å². The van der Waals surface area contributed by atoms with Crippen LogP contribution in [0.3, 0.4) is 0 Å². The van der Waals surface area contributed by atoms with Crippen molar-refractivity contribution in [3.63, 3.8) is 0 Å². The van der Waals surface area contributed by atoms with E-state index in [0.717, 1.165) is 5.69 Å². The van der Waals surface area contributed by atoms with Gasteiger partial charge in [0.15, 0.2) is 0 Å². The predicted octanol–water partition coefficient (Wildman–Crippen LogP) is 12.4. The monoisotopic (exact) mass is 610 g/mol. The first kappa shape index (κ1) is 26.8. The van der Waals surface area contributed by atoms with Crippen molar-refractivity contribution in [2.24, 2.45) is 0 Å². The SMILES string of the molecule is c1ccc(-n2c3ccccc3c3ccc(-c4ccc5c6ccccc6n(-c6ccc(-c7ccc8ccccc8c7)cc6)c5c4)cc32)cc1. The van der Waals surface area contributed by atoms with Crippen LogP contribution in [0.15, 0.2) is 182 Å². The van der Waals surface area contributed by atoms with Crippen molar-refractivity contribution >= 4 is 54.4 Å². The maximum absolute atomic E-state index is 2.41. The minimum absolute atomic E-state index is 1.16. The number of nitrogens with zero attached hydrogens (tertiary/aromatic N) is 2. The molecule has 0 unspecified atom stereocenters. The second-order valence-electron chi connectivity index (χ2n) is 12.6. The Labute approximate surface area is 278 Å². The zero-order chi connectivity index (χ0) is 31.6. The fraction of sp³-hybridized carbons (Fsp3) is 0. The Kier molecular flexibility index (Phi) is 5.91. The minimum atomic E-state index is 1.16. The average Bonchev–Trinajstić information content (AvgIpc) is 3.67. The molecule has 0 saturated carbocycles. The van der Waals surface area contributed by atoms with Gasteiger partial charge in [0.1, 0.15) is 0 Å². The third-order valence-corrected chi connectivity index (χ3v) is 9.90. The first-order valence-electron chi connectivity index (χ1n) is 16.5. The summed E-state index contributed by atoms with van der Waals surface area (Å²) in [7, 11) is 0. The number of rotatable bonds is 4. The lowest BCUT2D eigenvalue weighted by molar-refractivity contribution is 1.18. The van der Waals surface area contributed by atoms with Crippen molar-refractivity contribution in [3.8, 4) is 33.6 Å². The van der Waals surface area contributed by atoms with Gasteiger partial charge in [0.05, 0.1) is 22.1 Å². The molecule has 48 heavy (non-hydrogen) atoms. The van der Waals surface area contributed by atoms with Gasteiger partial charge < -0.3 is 9.13 Å². The highest BCUT2D eigenvalue weighted by molar-refractivity contribution is 6.12. The van der Waals surface area contributed by atoms with Crippen molar-refractivity contribution in [1.82, 2.24) is 9.13 Å². The number of aromatic nitrogens is 2. The maximum Gasteiger partial charge on any atom is 0.0547 e. The molecule has 0 spiro atoms. The van der Waals surface area contributed by atoms with E-state index in [9.17, 15) is 0 Å². The highest BCUT2D eigenvalue weighted by Gasteiger charge is 2.16. The lowest BCUT2D eigenvalue weighted by Crippen LogP contribution is -1.94. The number of benzene rings is 8. The third kappa shape index (κ3) is 4.13. The molecule has 2 heterocycles. The Balaban J connectivity index is 1.13. The van der Waals surface area contributed by atoms with Crippen molar-refractivity contribution < 1.29 is 0 Å². The summed E-state index contributed by atoms with van der Waals surface area (Å²) in [4.78, 5) is 0. The van der Waals surface area contributed by atoms with Gasteiger partial charge in [0.2, 0.25) is 0 Å². The van der Waals surface area contributed by atoms with E-state index < -0.39 is 0 Å². The van der Waals surface area contributed by atoms with E-state index in [4.69, 9.17) is 0 Å². The standard InChI is InChI=1S/C46H30N2/c1-2-12-37(13-3-1)47-43-16-8-6-14-39(43)41-26-22-35(29-45(41)47)36-23-27-42-40-15-7-9-17-44(40)48(46(42)30-36)38-24-20-32(21-25-38)34-19-18-31-10-4-5-11-33(31)28-34/h1-30H. The van der Waals surface area contributed by atoms with Crippen LogP contribution < -0.4 is 0 Å². The van der Waals surface area contributed by atoms with E-state index in [-0.39, 0.29) is 0 Å². The highest BCUT2D eigenvalue weighted by Crippen LogP contribution is 2.38. The summed E-state index contributed by atoms with van der Waals surface area (Å²) >= 11 is 0. The summed E-state index contributed by atoms with van der Waals surface area (Å²) in [6.45, 7) is 0. The van der Waals surface area contributed by atoms with Gasteiger partial charge in [-0.3, -0.25) is 0 Å². The smallest absolute Gasteiger partial charge is 0.0547 e. The van der Waals surface area contributed by atoms with Gasteiger partial charge >= 0.3 is 0 Å². The molecule has 0 atom stereocenters. The molecule has 224 valence electrons. The van der Waals surface area contributed by atoms with Crippen LogP contribution in [0.2, 0.25) is 0 Å². The fourth-order valence-corrected chi connectivity index (χ4v) is 7.61. The molecule has 0 fully saturated rings. The molecule has 10 aromatic rings. The van der Waals surface area contributed by atoms with Crippen LogP contribution >= 0.6 is 0 Å². The molecule has 0 aliphatic heterocycles. The lowest BCUT2D eigenvalue weighted by Gasteiger charge is -2.11. The quantitative estimate of drug-likeness (QED) is 0.188. The number of hydrogen-bond donors (Lipinski definition) is 0. The summed E-state index contributed by atoms with van der Waals surface area (Å²) in [6, 6.07) is 66.3. The molecule has 2 nitrogen and oxygen atoms in total. The zero-order valence-corrected chi connectivity index (χ0v) is 26.2. The zero-order valence-electron chi connectivity index (χ0n) is 26.2. The summed E-state index contributed by atoms with van der Waals surface area (Å²) < 4.78 is 4.80. The molecule has 8 aromatic carbocycles. The Morgan fingerprint density at radius 3 is 1.31 bits per heavy atom. The minimum Gasteiger partial charge on any atom is -0.309 e. The molecule has 0 amide bonds. The van der Waals surface area contributed by atoms with E-state index in [1.807, 2.05) is 0 Å². The van der Waals surface area contributed by atoms with E-state index >= 15 is 0 Å². The molecule has 0 saturated heterocycles. The summed E-state index contributed by atoms with van der Waals surface area (Å²) in [5.41, 5.74) is 12.0. The first-order valence-corrected chi connectivity index (χ1v) is 16.5. The first-order chi connectivity index (χ1) is 23.8. The molecule has 2 heteroatoms. The molecule has 10 rings (SSSR count). The molecule has 2 aromatic heterocycles. The number of para-hydroxylation sites is 3. The van der Waals surface area contributed by atoms with Crippen LogP contribution in [-0.4, -0.2) is 9.13 Å². The van der Waals surface area contributed by atoms with Gasteiger partial charge in [-0.2, -0.15) is 0 Å². The Hall–Kier alpha value is -6.38. The predicted molar refractivity (Wildman–Crippen MR) is 203 cm³/mol. The molecule has 0 aliphatic carbocycles. The normalized spacial score (nSPS) is 11.8. The second-order valence-corrected chi connectivity index (χ2v) is 12.6. The Morgan fingerprint density at radius 2 is 0.688 bits per heavy atom. The largest absolute Gasteiger partial charge is 0.309 e. The summed E-state index contributed by atoms with van der Waals surface area (Å²) in [6.07, 6.45) is 0. The second kappa shape index (κ2) is 10.6. The van der Waals surface area contributed by atoms with Crippen LogP contribution in [0, 0.1) is 0 Å². The molecule has 0 aliphatic rings. The van der Waals surface area contributed by atoms with Crippen molar-refractivity contribution in [3.05, 3.63) is 182 Å². The van der Waals surface area contributed by atoms with Gasteiger partial charge in [-0.05, 0) is 87.6 Å². The van der Waals surface area contributed by atoms with Crippen LogP contribution in [0.1, 0.15) is 0 Å². The van der Waals surface area contributed by atoms with Gasteiger partial charge in [0.25, 0.3) is 0 Å². The van der Waals surface area contributed by atoms with E-state index in [1.165, 1.54) is 82.3 Å². The van der Waals surface area contributed by atoms with Crippen molar-refractivity contribution in [2.75, 3.05) is 0 Å². The Bertz CT molecular complexity index is 2820. The van der Waals surface area contributed by atoms with Gasteiger partial charge in [-0.15, -0.1) is 0 Å². The molecule has 0 bridgehead atoms. The van der Waals surface area contributed by atoms with Gasteiger partial charge in [-0.1, -0.05) is 127 Å². The van der Waals surface area contributed by atoms with E-state index in [2.05, 4.69) is 191 Å². The summed E-state index contributed by atoms with van der Waals surface area (Å²) in [5, 5.41) is 7.58. The molecule has 0 N–H and O–H groups in total. The third-order valence-electron chi connectivity index (χ3n) is 9.90. The lowest BCUT2D eigenvalue weighted by atomic mass is 10.0. The van der Waals surface area contributed by atoms with Gasteiger partial charge in [-0.25, -0.2) is 0 Å². The number of fused-ring (bicyclic) bond motifs is 7. The van der Waals surface area contributed by atoms with Crippen molar-refractivity contribution in [2.45, 2.75) is 0 Å².